The molecule has 1 fully saturated rings. The lowest BCUT2D eigenvalue weighted by atomic mass is 9.83. The van der Waals surface area contributed by atoms with Gasteiger partial charge in [0.15, 0.2) is 0 Å². The Morgan fingerprint density at radius 2 is 1.85 bits per heavy atom. The van der Waals surface area contributed by atoms with Gasteiger partial charge in [-0.1, -0.05) is 25.7 Å². The molecule has 0 amide bonds. The van der Waals surface area contributed by atoms with Crippen molar-refractivity contribution < 1.29 is 5.11 Å². The Labute approximate surface area is 80.7 Å². The zero-order chi connectivity index (χ0) is 9.73. The van der Waals surface area contributed by atoms with Crippen molar-refractivity contribution in [3.05, 3.63) is 0 Å². The first kappa shape index (κ1) is 11.0. The normalized spacial score (nSPS) is 25.2. The molecule has 1 rings (SSSR count). The van der Waals surface area contributed by atoms with Crippen molar-refractivity contribution in [2.75, 3.05) is 6.54 Å². The molecule has 0 spiro atoms. The van der Waals surface area contributed by atoms with Gasteiger partial charge in [0.1, 0.15) is 0 Å². The molecule has 0 aromatic rings. The molecule has 1 aliphatic carbocycles. The van der Waals surface area contributed by atoms with E-state index in [0.717, 1.165) is 12.8 Å². The van der Waals surface area contributed by atoms with Crippen molar-refractivity contribution in [3.63, 3.8) is 0 Å². The van der Waals surface area contributed by atoms with Gasteiger partial charge < -0.3 is 5.11 Å². The zero-order valence-corrected chi connectivity index (χ0v) is 8.55. The van der Waals surface area contributed by atoms with Gasteiger partial charge in [0, 0.05) is 6.54 Å². The van der Waals surface area contributed by atoms with E-state index in [-0.39, 0.29) is 0 Å². The maximum absolute atomic E-state index is 10.1. The van der Waals surface area contributed by atoms with Gasteiger partial charge in [-0.3, -0.25) is 11.3 Å². The molecule has 0 aliphatic heterocycles. The predicted molar refractivity (Wildman–Crippen MR) is 54.0 cm³/mol. The molecule has 0 heterocycles. The maximum atomic E-state index is 10.1. The van der Waals surface area contributed by atoms with Crippen molar-refractivity contribution in [1.29, 1.82) is 0 Å². The third kappa shape index (κ3) is 3.25. The third-order valence-corrected chi connectivity index (χ3v) is 3.19. The molecular weight excluding hydrogens is 164 g/mol. The predicted octanol–water partition coefficient (Wildman–Crippen LogP) is 1.17. The first-order chi connectivity index (χ1) is 6.17. The largest absolute Gasteiger partial charge is 0.389 e. The second-order valence-corrected chi connectivity index (χ2v) is 4.43. The van der Waals surface area contributed by atoms with E-state index in [1.807, 2.05) is 6.92 Å². The van der Waals surface area contributed by atoms with Gasteiger partial charge >= 0.3 is 0 Å². The van der Waals surface area contributed by atoms with Crippen LogP contribution >= 0.6 is 0 Å². The summed E-state index contributed by atoms with van der Waals surface area (Å²) in [6, 6.07) is 0. The van der Waals surface area contributed by atoms with E-state index in [1.165, 1.54) is 25.7 Å². The van der Waals surface area contributed by atoms with E-state index in [1.54, 1.807) is 0 Å². The SMILES string of the molecule is CC(O)(CNN)C1CCCCCC1. The fourth-order valence-electron chi connectivity index (χ4n) is 2.25. The lowest BCUT2D eigenvalue weighted by Gasteiger charge is -2.32. The van der Waals surface area contributed by atoms with Gasteiger partial charge in [-0.05, 0) is 25.7 Å². The molecule has 3 nitrogen and oxygen atoms in total. The molecule has 4 N–H and O–H groups in total. The van der Waals surface area contributed by atoms with Crippen LogP contribution in [0.5, 0.6) is 0 Å². The summed E-state index contributed by atoms with van der Waals surface area (Å²) in [5.74, 6) is 5.67. The molecule has 1 aliphatic rings. The Hall–Kier alpha value is -0.120. The average Bonchev–Trinajstić information content (AvgIpc) is 2.31. The number of rotatable bonds is 3. The standard InChI is InChI=1S/C10H22N2O/c1-10(13,8-12-11)9-6-4-2-3-5-7-9/h9,12-13H,2-8,11H2,1H3. The van der Waals surface area contributed by atoms with Crippen molar-refractivity contribution in [2.45, 2.75) is 51.0 Å². The Balaban J connectivity index is 2.46. The fraction of sp³-hybridized carbons (Fsp3) is 1.00. The number of nitrogens with one attached hydrogen (secondary N) is 1. The highest BCUT2D eigenvalue weighted by Gasteiger charge is 2.31. The molecule has 1 saturated carbocycles. The molecule has 0 saturated heterocycles. The zero-order valence-electron chi connectivity index (χ0n) is 8.55. The number of hydrogen-bond acceptors (Lipinski definition) is 3. The van der Waals surface area contributed by atoms with E-state index in [4.69, 9.17) is 5.84 Å². The van der Waals surface area contributed by atoms with Crippen LogP contribution in [0.4, 0.5) is 0 Å². The molecule has 1 atom stereocenters. The second-order valence-electron chi connectivity index (χ2n) is 4.43. The van der Waals surface area contributed by atoms with E-state index in [2.05, 4.69) is 5.43 Å². The molecular formula is C10H22N2O. The molecule has 13 heavy (non-hydrogen) atoms. The summed E-state index contributed by atoms with van der Waals surface area (Å²) in [5, 5.41) is 10.1. The quantitative estimate of drug-likeness (QED) is 0.352. The fourth-order valence-corrected chi connectivity index (χ4v) is 2.25. The Kier molecular flexibility index (Phi) is 4.16. The summed E-state index contributed by atoms with van der Waals surface area (Å²) >= 11 is 0. The van der Waals surface area contributed by atoms with Crippen LogP contribution in [0.15, 0.2) is 0 Å². The van der Waals surface area contributed by atoms with E-state index in [0.29, 0.717) is 12.5 Å². The Morgan fingerprint density at radius 3 is 2.31 bits per heavy atom. The summed E-state index contributed by atoms with van der Waals surface area (Å²) in [4.78, 5) is 0. The summed E-state index contributed by atoms with van der Waals surface area (Å²) in [6.45, 7) is 2.39. The summed E-state index contributed by atoms with van der Waals surface area (Å²) in [5.41, 5.74) is 1.95. The van der Waals surface area contributed by atoms with Crippen molar-refractivity contribution >= 4 is 0 Å². The van der Waals surface area contributed by atoms with Gasteiger partial charge in [0.05, 0.1) is 5.60 Å². The van der Waals surface area contributed by atoms with Gasteiger partial charge in [-0.2, -0.15) is 0 Å². The van der Waals surface area contributed by atoms with Crippen LogP contribution in [0.2, 0.25) is 0 Å². The molecule has 0 radical (unpaired) electrons. The van der Waals surface area contributed by atoms with Crippen LogP contribution in [0.25, 0.3) is 0 Å². The number of hydrogen-bond donors (Lipinski definition) is 3. The number of aliphatic hydroxyl groups is 1. The summed E-state index contributed by atoms with van der Waals surface area (Å²) in [6.07, 6.45) is 7.45. The monoisotopic (exact) mass is 186 g/mol. The summed E-state index contributed by atoms with van der Waals surface area (Å²) in [7, 11) is 0. The highest BCUT2D eigenvalue weighted by atomic mass is 16.3. The first-order valence-electron chi connectivity index (χ1n) is 5.32. The van der Waals surface area contributed by atoms with Crippen LogP contribution in [-0.4, -0.2) is 17.3 Å². The minimum Gasteiger partial charge on any atom is -0.389 e. The maximum Gasteiger partial charge on any atom is 0.0785 e. The van der Waals surface area contributed by atoms with E-state index in [9.17, 15) is 5.11 Å². The van der Waals surface area contributed by atoms with Crippen LogP contribution < -0.4 is 11.3 Å². The second kappa shape index (κ2) is 4.94. The van der Waals surface area contributed by atoms with Gasteiger partial charge in [0.25, 0.3) is 0 Å². The van der Waals surface area contributed by atoms with Gasteiger partial charge in [-0.25, -0.2) is 0 Å². The number of hydrazine groups is 1. The van der Waals surface area contributed by atoms with E-state index >= 15 is 0 Å². The van der Waals surface area contributed by atoms with E-state index < -0.39 is 5.60 Å². The van der Waals surface area contributed by atoms with Crippen LogP contribution in [0, 0.1) is 5.92 Å². The third-order valence-electron chi connectivity index (χ3n) is 3.19. The molecule has 0 aromatic carbocycles. The average molecular weight is 186 g/mol. The Bertz CT molecular complexity index is 140. The molecule has 0 bridgehead atoms. The van der Waals surface area contributed by atoms with Gasteiger partial charge in [0.2, 0.25) is 0 Å². The van der Waals surface area contributed by atoms with Crippen molar-refractivity contribution in [1.82, 2.24) is 5.43 Å². The highest BCUT2D eigenvalue weighted by molar-refractivity contribution is 4.84. The van der Waals surface area contributed by atoms with Crippen molar-refractivity contribution in [2.24, 2.45) is 11.8 Å². The topological polar surface area (TPSA) is 58.3 Å². The lowest BCUT2D eigenvalue weighted by molar-refractivity contribution is -0.00636. The first-order valence-corrected chi connectivity index (χ1v) is 5.32. The molecule has 78 valence electrons. The summed E-state index contributed by atoms with van der Waals surface area (Å²) < 4.78 is 0. The highest BCUT2D eigenvalue weighted by Crippen LogP contribution is 2.31. The van der Waals surface area contributed by atoms with Crippen LogP contribution in [0.3, 0.4) is 0 Å². The Morgan fingerprint density at radius 1 is 1.31 bits per heavy atom. The minimum atomic E-state index is -0.626. The molecule has 0 aromatic heterocycles. The molecule has 3 heteroatoms. The molecule has 1 unspecified atom stereocenters. The van der Waals surface area contributed by atoms with Crippen molar-refractivity contribution in [3.8, 4) is 0 Å². The smallest absolute Gasteiger partial charge is 0.0785 e. The van der Waals surface area contributed by atoms with Crippen LogP contribution in [-0.2, 0) is 0 Å². The minimum absolute atomic E-state index is 0.422. The number of nitrogens with two attached hydrogens (primary N) is 1. The van der Waals surface area contributed by atoms with Crippen LogP contribution in [0.1, 0.15) is 45.4 Å². The van der Waals surface area contributed by atoms with Gasteiger partial charge in [-0.15, -0.1) is 0 Å². The lowest BCUT2D eigenvalue weighted by Crippen LogP contribution is -2.46.